The number of nitrogens with one attached hydrogen (secondary N) is 1. The van der Waals surface area contributed by atoms with E-state index in [1.807, 2.05) is 6.92 Å². The summed E-state index contributed by atoms with van der Waals surface area (Å²) in [6.07, 6.45) is 6.99. The second kappa shape index (κ2) is 11.7. The molecule has 32 heavy (non-hydrogen) atoms. The summed E-state index contributed by atoms with van der Waals surface area (Å²) >= 11 is 0. The van der Waals surface area contributed by atoms with Crippen LogP contribution in [0.5, 0.6) is 11.5 Å². The molecule has 0 saturated heterocycles. The summed E-state index contributed by atoms with van der Waals surface area (Å²) in [7, 11) is -4.24. The first-order valence-electron chi connectivity index (χ1n) is 9.66. The Kier molecular flexibility index (Phi) is 9.02. The molecule has 1 unspecified atom stereocenters. The van der Waals surface area contributed by atoms with E-state index >= 15 is 0 Å². The van der Waals surface area contributed by atoms with Crippen molar-refractivity contribution in [3.05, 3.63) is 77.4 Å². The number of nitrogens with zero attached hydrogens (tertiary/aromatic N) is 1. The predicted octanol–water partition coefficient (Wildman–Crippen LogP) is 4.65. The van der Waals surface area contributed by atoms with Crippen LogP contribution in [0, 0.1) is 22.5 Å². The Hall–Kier alpha value is -3.60. The molecule has 0 radical (unpaired) electrons. The van der Waals surface area contributed by atoms with Gasteiger partial charge in [0.1, 0.15) is 17.5 Å². The van der Waals surface area contributed by atoms with E-state index in [-0.39, 0.29) is 17.2 Å². The summed E-state index contributed by atoms with van der Waals surface area (Å²) in [6, 6.07) is 11.8. The fraction of sp³-hybridized carbons (Fsp3) is 0.227. The van der Waals surface area contributed by atoms with Crippen LogP contribution in [0.3, 0.4) is 0 Å². The van der Waals surface area contributed by atoms with Gasteiger partial charge < -0.3 is 13.8 Å². The van der Waals surface area contributed by atoms with Crippen LogP contribution in [0.4, 0.5) is 5.69 Å². The van der Waals surface area contributed by atoms with Gasteiger partial charge in [-0.15, -0.1) is 13.0 Å². The van der Waals surface area contributed by atoms with E-state index in [1.165, 1.54) is 30.3 Å². The zero-order valence-corrected chi connectivity index (χ0v) is 18.3. The lowest BCUT2D eigenvalue weighted by molar-refractivity contribution is -0.384. The summed E-state index contributed by atoms with van der Waals surface area (Å²) in [5, 5.41) is 13.4. The Morgan fingerprint density at radius 3 is 2.31 bits per heavy atom. The van der Waals surface area contributed by atoms with Gasteiger partial charge >= 0.3 is 13.7 Å². The van der Waals surface area contributed by atoms with Crippen LogP contribution in [-0.4, -0.2) is 23.0 Å². The van der Waals surface area contributed by atoms with Gasteiger partial charge in [-0.25, -0.2) is 9.36 Å². The van der Waals surface area contributed by atoms with Crippen LogP contribution in [-0.2, 0) is 14.1 Å². The molecule has 2 aromatic rings. The van der Waals surface area contributed by atoms with Crippen LogP contribution < -0.4 is 14.1 Å². The Balaban J connectivity index is 2.27. The third kappa shape index (κ3) is 7.27. The summed E-state index contributed by atoms with van der Waals surface area (Å²) in [4.78, 5) is 22.8. The smallest absolute Gasteiger partial charge is 0.448 e. The molecule has 1 N–H and O–H groups in total. The second-order valence-electron chi connectivity index (χ2n) is 6.47. The third-order valence-electron chi connectivity index (χ3n) is 4.02. The number of nitro groups is 1. The molecule has 3 atom stereocenters. The molecule has 9 nitrogen and oxygen atoms in total. The highest BCUT2D eigenvalue weighted by Gasteiger charge is 2.35. The SMILES string of the molecule is C#C[C@H](CCC)OC(=O)[C@H](C=C)NP(=O)(Oc1ccccc1)Oc1ccc([N+](=O)[O-])cc1. The quantitative estimate of drug-likeness (QED) is 0.122. The van der Waals surface area contributed by atoms with Crippen molar-refractivity contribution in [3.8, 4) is 23.8 Å². The molecule has 168 valence electrons. The van der Waals surface area contributed by atoms with Crippen LogP contribution in [0.2, 0.25) is 0 Å². The van der Waals surface area contributed by atoms with Gasteiger partial charge in [0.05, 0.1) is 4.92 Å². The molecule has 0 spiro atoms. The lowest BCUT2D eigenvalue weighted by atomic mass is 10.2. The van der Waals surface area contributed by atoms with E-state index < -0.39 is 30.8 Å². The number of non-ortho nitro benzene ring substituents is 1. The van der Waals surface area contributed by atoms with Crippen molar-refractivity contribution < 1.29 is 28.1 Å². The zero-order chi connectivity index (χ0) is 23.6. The minimum atomic E-state index is -4.24. The van der Waals surface area contributed by atoms with Crippen molar-refractivity contribution in [3.63, 3.8) is 0 Å². The highest BCUT2D eigenvalue weighted by molar-refractivity contribution is 7.52. The van der Waals surface area contributed by atoms with E-state index in [0.29, 0.717) is 12.8 Å². The van der Waals surface area contributed by atoms with Gasteiger partial charge in [-0.05, 0) is 30.7 Å². The van der Waals surface area contributed by atoms with Crippen LogP contribution in [0.1, 0.15) is 19.8 Å². The maximum Gasteiger partial charge on any atom is 0.513 e. The molecule has 0 aliphatic heterocycles. The van der Waals surface area contributed by atoms with Crippen molar-refractivity contribution in [2.24, 2.45) is 0 Å². The van der Waals surface area contributed by atoms with Gasteiger partial charge in [-0.2, -0.15) is 5.09 Å². The monoisotopic (exact) mass is 458 g/mol. The highest BCUT2D eigenvalue weighted by Crippen LogP contribution is 2.45. The highest BCUT2D eigenvalue weighted by atomic mass is 31.2. The minimum absolute atomic E-state index is 0.0195. The van der Waals surface area contributed by atoms with E-state index in [4.69, 9.17) is 20.2 Å². The van der Waals surface area contributed by atoms with Crippen molar-refractivity contribution >= 4 is 19.4 Å². The maximum absolute atomic E-state index is 13.5. The zero-order valence-electron chi connectivity index (χ0n) is 17.4. The van der Waals surface area contributed by atoms with Gasteiger partial charge in [-0.1, -0.05) is 43.5 Å². The summed E-state index contributed by atoms with van der Waals surface area (Å²) in [5.74, 6) is 1.80. The first kappa shape index (κ1) is 24.7. The number of hydrogen-bond acceptors (Lipinski definition) is 7. The van der Waals surface area contributed by atoms with Crippen LogP contribution in [0.25, 0.3) is 0 Å². The maximum atomic E-state index is 13.5. The molecule has 2 aromatic carbocycles. The average molecular weight is 458 g/mol. The van der Waals surface area contributed by atoms with Gasteiger partial charge in [0, 0.05) is 12.1 Å². The lowest BCUT2D eigenvalue weighted by Crippen LogP contribution is -2.38. The van der Waals surface area contributed by atoms with Crippen molar-refractivity contribution in [2.45, 2.75) is 31.9 Å². The van der Waals surface area contributed by atoms with Crippen molar-refractivity contribution in [2.75, 3.05) is 0 Å². The van der Waals surface area contributed by atoms with Crippen molar-refractivity contribution in [1.82, 2.24) is 5.09 Å². The molecular formula is C22H23N2O7P. The first-order valence-corrected chi connectivity index (χ1v) is 11.2. The fourth-order valence-corrected chi connectivity index (χ4v) is 3.98. The molecule has 0 heterocycles. The molecule has 0 aliphatic rings. The number of benzene rings is 2. The molecule has 0 amide bonds. The first-order chi connectivity index (χ1) is 15.3. The molecule has 0 aromatic heterocycles. The van der Waals surface area contributed by atoms with Gasteiger partial charge in [0.25, 0.3) is 5.69 Å². The van der Waals surface area contributed by atoms with E-state index in [1.54, 1.807) is 30.3 Å². The number of esters is 1. The molecule has 2 rings (SSSR count). The van der Waals surface area contributed by atoms with E-state index in [0.717, 1.165) is 0 Å². The number of carbonyl (C=O) groups excluding carboxylic acids is 1. The summed E-state index contributed by atoms with van der Waals surface area (Å²) < 4.78 is 29.8. The third-order valence-corrected chi connectivity index (χ3v) is 5.52. The van der Waals surface area contributed by atoms with Crippen LogP contribution >= 0.6 is 7.75 Å². The molecular weight excluding hydrogens is 435 g/mol. The summed E-state index contributed by atoms with van der Waals surface area (Å²) in [5.41, 5.74) is -0.173. The molecule has 0 saturated carbocycles. The topological polar surface area (TPSA) is 117 Å². The number of carbonyl (C=O) groups is 1. The molecule has 0 bridgehead atoms. The Morgan fingerprint density at radius 2 is 1.81 bits per heavy atom. The Labute approximate surface area is 186 Å². The number of rotatable bonds is 12. The van der Waals surface area contributed by atoms with Gasteiger partial charge in [0.2, 0.25) is 0 Å². The number of nitro benzene ring substituents is 1. The Morgan fingerprint density at radius 1 is 1.22 bits per heavy atom. The van der Waals surface area contributed by atoms with Crippen molar-refractivity contribution in [1.29, 1.82) is 0 Å². The number of para-hydroxylation sites is 1. The average Bonchev–Trinajstić information content (AvgIpc) is 2.78. The standard InChI is InChI=1S/C22H23N2O7P/c1-4-10-18(5-2)29-22(25)21(6-3)23-32(28,30-19-11-8-7-9-12-19)31-20-15-13-17(14-16-20)24(26)27/h2,6-9,11-16,18,21H,3-4,10H2,1H3,(H,23,28)/t18-,21+,32?/m1/s1. The van der Waals surface area contributed by atoms with E-state index in [9.17, 15) is 19.5 Å². The Bertz CT molecular complexity index is 1020. The van der Waals surface area contributed by atoms with Gasteiger partial charge in [-0.3, -0.25) is 10.1 Å². The largest absolute Gasteiger partial charge is 0.513 e. The number of ether oxygens (including phenoxy) is 1. The lowest BCUT2D eigenvalue weighted by Gasteiger charge is -2.24. The number of hydrogen-bond donors (Lipinski definition) is 1. The molecule has 0 aliphatic carbocycles. The van der Waals surface area contributed by atoms with Crippen LogP contribution in [0.15, 0.2) is 67.3 Å². The summed E-state index contributed by atoms with van der Waals surface area (Å²) in [6.45, 7) is 5.46. The molecule has 0 fully saturated rings. The number of terminal acetylenes is 1. The minimum Gasteiger partial charge on any atom is -0.448 e. The van der Waals surface area contributed by atoms with E-state index in [2.05, 4.69) is 17.6 Å². The van der Waals surface area contributed by atoms with Gasteiger partial charge in [0.15, 0.2) is 6.10 Å². The molecule has 10 heteroatoms. The predicted molar refractivity (Wildman–Crippen MR) is 119 cm³/mol. The second-order valence-corrected chi connectivity index (χ2v) is 8.09. The normalized spacial score (nSPS) is 14.1. The fourth-order valence-electron chi connectivity index (χ4n) is 2.48.